The Kier molecular flexibility index (Phi) is 4.95. The van der Waals surface area contributed by atoms with Crippen LogP contribution in [0.2, 0.25) is 0 Å². The van der Waals surface area contributed by atoms with Crippen molar-refractivity contribution in [1.29, 1.82) is 0 Å². The topological polar surface area (TPSA) is 92.3 Å². The van der Waals surface area contributed by atoms with Crippen LogP contribution in [-0.2, 0) is 9.84 Å². The maximum atomic E-state index is 12.4. The highest BCUT2D eigenvalue weighted by Crippen LogP contribution is 2.22. The van der Waals surface area contributed by atoms with E-state index in [0.717, 1.165) is 16.8 Å². The Morgan fingerprint density at radius 1 is 1.15 bits per heavy atom. The van der Waals surface area contributed by atoms with Crippen LogP contribution in [0.15, 0.2) is 30.3 Å². The maximum absolute atomic E-state index is 12.4. The van der Waals surface area contributed by atoms with Crippen molar-refractivity contribution < 1.29 is 13.2 Å². The molecule has 2 aromatic rings. The number of anilines is 2. The molecular weight excluding hydrogens is 352 g/mol. The molecule has 1 fully saturated rings. The van der Waals surface area contributed by atoms with Crippen LogP contribution in [0.3, 0.4) is 0 Å². The van der Waals surface area contributed by atoms with Gasteiger partial charge in [-0.25, -0.2) is 8.42 Å². The molecule has 2 heterocycles. The number of rotatable bonds is 4. The SMILES string of the molecule is Cc1cccc(C)c1NC(=O)c1ccc(N(C)C2CCS(=O)(=O)C2)nn1. The predicted molar refractivity (Wildman–Crippen MR) is 101 cm³/mol. The van der Waals surface area contributed by atoms with E-state index >= 15 is 0 Å². The van der Waals surface area contributed by atoms with Crippen LogP contribution in [-0.4, -0.2) is 49.1 Å². The standard InChI is InChI=1S/C18H22N4O3S/c1-12-5-4-6-13(2)17(12)19-18(23)15-7-8-16(21-20-15)22(3)14-9-10-26(24,25)11-14/h4-8,14H,9-11H2,1-3H3,(H,19,23). The van der Waals surface area contributed by atoms with Gasteiger partial charge in [-0.2, -0.15) is 0 Å². The van der Waals surface area contributed by atoms with Crippen molar-refractivity contribution in [3.63, 3.8) is 0 Å². The molecule has 1 aromatic carbocycles. The molecule has 7 nitrogen and oxygen atoms in total. The second kappa shape index (κ2) is 7.03. The summed E-state index contributed by atoms with van der Waals surface area (Å²) in [6.07, 6.45) is 0.579. The molecule has 1 saturated heterocycles. The molecule has 8 heteroatoms. The molecule has 0 spiro atoms. The van der Waals surface area contributed by atoms with Gasteiger partial charge in [0.05, 0.1) is 11.5 Å². The van der Waals surface area contributed by atoms with Crippen molar-refractivity contribution in [3.05, 3.63) is 47.2 Å². The maximum Gasteiger partial charge on any atom is 0.276 e. The summed E-state index contributed by atoms with van der Waals surface area (Å²) in [5.74, 6) is 0.550. The molecular formula is C18H22N4O3S. The van der Waals surface area contributed by atoms with E-state index in [4.69, 9.17) is 0 Å². The Balaban J connectivity index is 1.72. The number of benzene rings is 1. The normalized spacial score (nSPS) is 18.5. The average Bonchev–Trinajstić information content (AvgIpc) is 2.97. The van der Waals surface area contributed by atoms with Crippen molar-refractivity contribution in [2.75, 3.05) is 28.8 Å². The molecule has 3 rings (SSSR count). The number of nitrogens with one attached hydrogen (secondary N) is 1. The third-order valence-electron chi connectivity index (χ3n) is 4.72. The number of amides is 1. The van der Waals surface area contributed by atoms with Crippen LogP contribution < -0.4 is 10.2 Å². The van der Waals surface area contributed by atoms with Crippen LogP contribution >= 0.6 is 0 Å². The van der Waals surface area contributed by atoms with Crippen molar-refractivity contribution in [2.24, 2.45) is 0 Å². The molecule has 1 N–H and O–H groups in total. The molecule has 1 aromatic heterocycles. The Labute approximate surface area is 153 Å². The molecule has 1 amide bonds. The zero-order valence-electron chi connectivity index (χ0n) is 15.1. The number of para-hydroxylation sites is 1. The molecule has 0 aliphatic carbocycles. The number of aromatic nitrogens is 2. The minimum Gasteiger partial charge on any atom is -0.354 e. The second-order valence-electron chi connectivity index (χ2n) is 6.67. The second-order valence-corrected chi connectivity index (χ2v) is 8.89. The van der Waals surface area contributed by atoms with Crippen molar-refractivity contribution in [3.8, 4) is 0 Å². The fraction of sp³-hybridized carbons (Fsp3) is 0.389. The lowest BCUT2D eigenvalue weighted by atomic mass is 10.1. The Morgan fingerprint density at radius 2 is 1.85 bits per heavy atom. The van der Waals surface area contributed by atoms with E-state index in [1.165, 1.54) is 0 Å². The first-order chi connectivity index (χ1) is 12.3. The molecule has 138 valence electrons. The fourth-order valence-corrected chi connectivity index (χ4v) is 4.87. The summed E-state index contributed by atoms with van der Waals surface area (Å²) >= 11 is 0. The van der Waals surface area contributed by atoms with Gasteiger partial charge >= 0.3 is 0 Å². The first-order valence-electron chi connectivity index (χ1n) is 8.41. The number of hydrogen-bond acceptors (Lipinski definition) is 6. The largest absolute Gasteiger partial charge is 0.354 e. The molecule has 26 heavy (non-hydrogen) atoms. The summed E-state index contributed by atoms with van der Waals surface area (Å²) < 4.78 is 23.3. The van der Waals surface area contributed by atoms with Gasteiger partial charge in [-0.1, -0.05) is 18.2 Å². The van der Waals surface area contributed by atoms with E-state index < -0.39 is 9.84 Å². The molecule has 1 unspecified atom stereocenters. The number of carbonyl (C=O) groups excluding carboxylic acids is 1. The van der Waals surface area contributed by atoms with E-state index in [2.05, 4.69) is 15.5 Å². The molecule has 0 radical (unpaired) electrons. The predicted octanol–water partition coefficient (Wildman–Crippen LogP) is 1.97. The summed E-state index contributed by atoms with van der Waals surface area (Å²) in [6.45, 7) is 3.87. The van der Waals surface area contributed by atoms with Gasteiger partial charge in [0, 0.05) is 18.8 Å². The Hall–Kier alpha value is -2.48. The lowest BCUT2D eigenvalue weighted by Gasteiger charge is -2.23. The number of hydrogen-bond donors (Lipinski definition) is 1. The van der Waals surface area contributed by atoms with E-state index in [9.17, 15) is 13.2 Å². The first-order valence-corrected chi connectivity index (χ1v) is 10.2. The lowest BCUT2D eigenvalue weighted by Crippen LogP contribution is -2.33. The number of sulfone groups is 1. The zero-order valence-corrected chi connectivity index (χ0v) is 15.9. The Bertz CT molecular complexity index is 906. The van der Waals surface area contributed by atoms with E-state index in [1.807, 2.05) is 36.9 Å². The minimum atomic E-state index is -2.97. The summed E-state index contributed by atoms with van der Waals surface area (Å²) in [4.78, 5) is 14.2. The highest BCUT2D eigenvalue weighted by atomic mass is 32.2. The quantitative estimate of drug-likeness (QED) is 0.880. The van der Waals surface area contributed by atoms with Gasteiger partial charge in [0.2, 0.25) is 0 Å². The average molecular weight is 374 g/mol. The highest BCUT2D eigenvalue weighted by molar-refractivity contribution is 7.91. The smallest absolute Gasteiger partial charge is 0.276 e. The van der Waals surface area contributed by atoms with E-state index in [-0.39, 0.29) is 29.1 Å². The molecule has 1 atom stereocenters. The lowest BCUT2D eigenvalue weighted by molar-refractivity contribution is 0.102. The number of carbonyl (C=O) groups is 1. The molecule has 0 saturated carbocycles. The molecule has 0 bridgehead atoms. The van der Waals surface area contributed by atoms with Gasteiger partial charge in [0.15, 0.2) is 21.3 Å². The van der Waals surface area contributed by atoms with Gasteiger partial charge in [0.25, 0.3) is 5.91 Å². The summed E-state index contributed by atoms with van der Waals surface area (Å²) in [7, 11) is -1.17. The van der Waals surface area contributed by atoms with Crippen LogP contribution in [0.25, 0.3) is 0 Å². The van der Waals surface area contributed by atoms with E-state index in [1.54, 1.807) is 19.2 Å². The minimum absolute atomic E-state index is 0.108. The first kappa shape index (κ1) is 18.3. The fourth-order valence-electron chi connectivity index (χ4n) is 3.09. The van der Waals surface area contributed by atoms with Crippen LogP contribution in [0.5, 0.6) is 0 Å². The van der Waals surface area contributed by atoms with Crippen LogP contribution in [0, 0.1) is 13.8 Å². The van der Waals surface area contributed by atoms with Gasteiger partial charge in [-0.15, -0.1) is 10.2 Å². The summed E-state index contributed by atoms with van der Waals surface area (Å²) in [6, 6.07) is 8.99. The Morgan fingerprint density at radius 3 is 2.38 bits per heavy atom. The van der Waals surface area contributed by atoms with Crippen molar-refractivity contribution in [1.82, 2.24) is 10.2 Å². The van der Waals surface area contributed by atoms with Crippen LogP contribution in [0.4, 0.5) is 11.5 Å². The third-order valence-corrected chi connectivity index (χ3v) is 6.47. The third kappa shape index (κ3) is 3.85. The highest BCUT2D eigenvalue weighted by Gasteiger charge is 2.31. The van der Waals surface area contributed by atoms with Crippen molar-refractivity contribution in [2.45, 2.75) is 26.3 Å². The number of nitrogens with zero attached hydrogens (tertiary/aromatic N) is 3. The van der Waals surface area contributed by atoms with Crippen molar-refractivity contribution >= 4 is 27.2 Å². The van der Waals surface area contributed by atoms with Gasteiger partial charge < -0.3 is 10.2 Å². The summed E-state index contributed by atoms with van der Waals surface area (Å²) in [5, 5.41) is 11.0. The molecule has 1 aliphatic rings. The number of aryl methyl sites for hydroxylation is 2. The monoisotopic (exact) mass is 374 g/mol. The summed E-state index contributed by atoms with van der Waals surface area (Å²) in [5.41, 5.74) is 2.94. The van der Waals surface area contributed by atoms with Gasteiger partial charge in [-0.05, 0) is 43.5 Å². The molecule has 1 aliphatic heterocycles. The van der Waals surface area contributed by atoms with E-state index in [0.29, 0.717) is 12.2 Å². The van der Waals surface area contributed by atoms with Crippen LogP contribution in [0.1, 0.15) is 28.0 Å². The van der Waals surface area contributed by atoms with Gasteiger partial charge in [-0.3, -0.25) is 4.79 Å². The van der Waals surface area contributed by atoms with Gasteiger partial charge in [0.1, 0.15) is 0 Å². The zero-order chi connectivity index (χ0) is 18.9.